The lowest BCUT2D eigenvalue weighted by atomic mass is 9.78. The molecular formula is C15H20ClF2N. The third kappa shape index (κ3) is 3.38. The molecule has 1 aliphatic rings. The van der Waals surface area contributed by atoms with Crippen molar-refractivity contribution in [2.75, 3.05) is 5.32 Å². The van der Waals surface area contributed by atoms with E-state index in [2.05, 4.69) is 19.2 Å². The molecule has 2 unspecified atom stereocenters. The Morgan fingerprint density at radius 3 is 2.53 bits per heavy atom. The first kappa shape index (κ1) is 14.6. The first-order valence-corrected chi connectivity index (χ1v) is 7.28. The van der Waals surface area contributed by atoms with E-state index in [-0.39, 0.29) is 16.8 Å². The molecule has 0 radical (unpaired) electrons. The summed E-state index contributed by atoms with van der Waals surface area (Å²) in [5.41, 5.74) is 0.237. The van der Waals surface area contributed by atoms with Gasteiger partial charge in [-0.2, -0.15) is 0 Å². The Kier molecular flexibility index (Phi) is 4.67. The molecule has 0 aliphatic heterocycles. The molecule has 0 spiro atoms. The maximum Gasteiger partial charge on any atom is 0.150 e. The highest BCUT2D eigenvalue weighted by atomic mass is 35.5. The quantitative estimate of drug-likeness (QED) is 0.801. The first-order valence-electron chi connectivity index (χ1n) is 6.90. The van der Waals surface area contributed by atoms with E-state index in [9.17, 15) is 8.78 Å². The van der Waals surface area contributed by atoms with E-state index < -0.39 is 11.6 Å². The van der Waals surface area contributed by atoms with Gasteiger partial charge < -0.3 is 5.32 Å². The minimum absolute atomic E-state index is 0.116. The average molecular weight is 288 g/mol. The van der Waals surface area contributed by atoms with Gasteiger partial charge in [-0.25, -0.2) is 8.78 Å². The van der Waals surface area contributed by atoms with Gasteiger partial charge in [0.25, 0.3) is 0 Å². The van der Waals surface area contributed by atoms with Crippen molar-refractivity contribution in [2.45, 2.75) is 45.6 Å². The highest BCUT2D eigenvalue weighted by Gasteiger charge is 2.28. The van der Waals surface area contributed by atoms with Crippen LogP contribution in [-0.2, 0) is 0 Å². The summed E-state index contributed by atoms with van der Waals surface area (Å²) in [6.07, 6.45) is 4.52. The van der Waals surface area contributed by atoms with Crippen LogP contribution in [0.1, 0.15) is 39.5 Å². The summed E-state index contributed by atoms with van der Waals surface area (Å²) in [4.78, 5) is 0. The Morgan fingerprint density at radius 1 is 1.21 bits per heavy atom. The van der Waals surface area contributed by atoms with Gasteiger partial charge in [0.1, 0.15) is 5.82 Å². The minimum Gasteiger partial charge on any atom is -0.378 e. The van der Waals surface area contributed by atoms with Crippen molar-refractivity contribution >= 4 is 17.3 Å². The molecule has 2 atom stereocenters. The Hall–Kier alpha value is -0.830. The van der Waals surface area contributed by atoms with Crippen LogP contribution >= 0.6 is 11.6 Å². The van der Waals surface area contributed by atoms with Gasteiger partial charge in [-0.05, 0) is 30.7 Å². The van der Waals surface area contributed by atoms with Crippen molar-refractivity contribution in [1.82, 2.24) is 0 Å². The van der Waals surface area contributed by atoms with Gasteiger partial charge in [-0.15, -0.1) is 0 Å². The van der Waals surface area contributed by atoms with Crippen LogP contribution in [0.2, 0.25) is 5.02 Å². The van der Waals surface area contributed by atoms with Crippen LogP contribution in [0, 0.1) is 23.5 Å². The number of hydrogen-bond donors (Lipinski definition) is 1. The molecule has 1 aliphatic carbocycles. The molecule has 1 saturated carbocycles. The van der Waals surface area contributed by atoms with Gasteiger partial charge in [0.2, 0.25) is 0 Å². The summed E-state index contributed by atoms with van der Waals surface area (Å²) in [5, 5.41) is 3.32. The van der Waals surface area contributed by atoms with Crippen molar-refractivity contribution in [3.05, 3.63) is 28.8 Å². The van der Waals surface area contributed by atoms with Crippen molar-refractivity contribution in [3.8, 4) is 0 Å². The molecule has 2 rings (SSSR count). The second-order valence-corrected chi connectivity index (χ2v) is 6.09. The fourth-order valence-electron chi connectivity index (χ4n) is 3.00. The van der Waals surface area contributed by atoms with Crippen LogP contribution in [0.4, 0.5) is 14.5 Å². The molecule has 106 valence electrons. The molecular weight excluding hydrogens is 268 g/mol. The van der Waals surface area contributed by atoms with E-state index in [0.717, 1.165) is 31.4 Å². The average Bonchev–Trinajstić information content (AvgIpc) is 2.34. The van der Waals surface area contributed by atoms with Crippen molar-refractivity contribution in [1.29, 1.82) is 0 Å². The largest absolute Gasteiger partial charge is 0.378 e. The Morgan fingerprint density at radius 2 is 1.89 bits per heavy atom. The summed E-state index contributed by atoms with van der Waals surface area (Å²) in [5.74, 6) is -0.204. The smallest absolute Gasteiger partial charge is 0.150 e. The molecule has 1 N–H and O–H groups in total. The lowest BCUT2D eigenvalue weighted by molar-refractivity contribution is 0.253. The zero-order valence-corrected chi connectivity index (χ0v) is 12.1. The number of rotatable bonds is 3. The molecule has 1 nitrogen and oxygen atoms in total. The van der Waals surface area contributed by atoms with Gasteiger partial charge in [-0.1, -0.05) is 38.3 Å². The number of hydrogen-bond acceptors (Lipinski definition) is 1. The predicted molar refractivity (Wildman–Crippen MR) is 75.6 cm³/mol. The molecule has 0 aromatic heterocycles. The molecule has 19 heavy (non-hydrogen) atoms. The molecule has 1 aromatic carbocycles. The third-order valence-electron chi connectivity index (χ3n) is 4.01. The standard InChI is InChI=1S/C15H20ClF2N/c1-9(2)11-5-3-4-6-14(11)19-15-12(16)7-10(17)8-13(15)18/h7-9,11,14,19H,3-6H2,1-2H3. The summed E-state index contributed by atoms with van der Waals surface area (Å²) >= 11 is 5.94. The van der Waals surface area contributed by atoms with E-state index in [1.54, 1.807) is 0 Å². The zero-order valence-electron chi connectivity index (χ0n) is 11.3. The van der Waals surface area contributed by atoms with Crippen LogP contribution in [0.3, 0.4) is 0 Å². The van der Waals surface area contributed by atoms with Crippen LogP contribution in [0.15, 0.2) is 12.1 Å². The van der Waals surface area contributed by atoms with Gasteiger partial charge in [0.15, 0.2) is 5.82 Å². The summed E-state index contributed by atoms with van der Waals surface area (Å²) < 4.78 is 26.8. The number of benzene rings is 1. The number of halogens is 3. The second-order valence-electron chi connectivity index (χ2n) is 5.69. The van der Waals surface area contributed by atoms with Gasteiger partial charge in [0, 0.05) is 12.1 Å². The lowest BCUT2D eigenvalue weighted by Crippen LogP contribution is -2.35. The fraction of sp³-hybridized carbons (Fsp3) is 0.600. The second kappa shape index (κ2) is 6.08. The topological polar surface area (TPSA) is 12.0 Å². The van der Waals surface area contributed by atoms with Crippen molar-refractivity contribution < 1.29 is 8.78 Å². The van der Waals surface area contributed by atoms with E-state index in [4.69, 9.17) is 11.6 Å². The minimum atomic E-state index is -0.642. The monoisotopic (exact) mass is 287 g/mol. The van der Waals surface area contributed by atoms with Gasteiger partial charge >= 0.3 is 0 Å². The fourth-order valence-corrected chi connectivity index (χ4v) is 3.25. The highest BCUT2D eigenvalue weighted by molar-refractivity contribution is 6.33. The molecule has 0 saturated heterocycles. The van der Waals surface area contributed by atoms with Crippen LogP contribution in [0.5, 0.6) is 0 Å². The summed E-state index contributed by atoms with van der Waals surface area (Å²) in [7, 11) is 0. The van der Waals surface area contributed by atoms with E-state index >= 15 is 0 Å². The maximum atomic E-state index is 13.8. The summed E-state index contributed by atoms with van der Waals surface area (Å²) in [6.45, 7) is 4.38. The normalized spacial score (nSPS) is 23.7. The highest BCUT2D eigenvalue weighted by Crippen LogP contribution is 2.35. The Labute approximate surface area is 118 Å². The molecule has 4 heteroatoms. The molecule has 0 heterocycles. The van der Waals surface area contributed by atoms with E-state index in [0.29, 0.717) is 11.8 Å². The van der Waals surface area contributed by atoms with Gasteiger partial charge in [-0.3, -0.25) is 0 Å². The summed E-state index contributed by atoms with van der Waals surface area (Å²) in [6, 6.07) is 2.24. The number of anilines is 1. The van der Waals surface area contributed by atoms with E-state index in [1.165, 1.54) is 6.42 Å². The van der Waals surface area contributed by atoms with Crippen LogP contribution in [-0.4, -0.2) is 6.04 Å². The molecule has 0 bridgehead atoms. The lowest BCUT2D eigenvalue weighted by Gasteiger charge is -2.35. The molecule has 0 amide bonds. The zero-order chi connectivity index (χ0) is 14.0. The number of nitrogens with one attached hydrogen (secondary N) is 1. The van der Waals surface area contributed by atoms with Crippen LogP contribution in [0.25, 0.3) is 0 Å². The van der Waals surface area contributed by atoms with E-state index in [1.807, 2.05) is 0 Å². The third-order valence-corrected chi connectivity index (χ3v) is 4.31. The SMILES string of the molecule is CC(C)C1CCCCC1Nc1c(F)cc(F)cc1Cl. The Bertz CT molecular complexity index is 425. The van der Waals surface area contributed by atoms with Crippen molar-refractivity contribution in [2.24, 2.45) is 11.8 Å². The predicted octanol–water partition coefficient (Wildman–Crippen LogP) is 5.24. The molecule has 1 fully saturated rings. The van der Waals surface area contributed by atoms with Crippen LogP contribution < -0.4 is 5.32 Å². The first-order chi connectivity index (χ1) is 8.99. The van der Waals surface area contributed by atoms with Gasteiger partial charge in [0.05, 0.1) is 10.7 Å². The maximum absolute atomic E-state index is 13.8. The van der Waals surface area contributed by atoms with Crippen molar-refractivity contribution in [3.63, 3.8) is 0 Å². The Balaban J connectivity index is 2.19. The molecule has 1 aromatic rings.